The molecule has 0 saturated carbocycles. The standard InChI is InChI=1S/C13H17NO3/c1-4-9-17-13(16)11-7-5-10(6-8-11)12(15)14(2)3/h5-8H,4,9H2,1-3H3. The zero-order valence-corrected chi connectivity index (χ0v) is 10.4. The van der Waals surface area contributed by atoms with Crippen molar-refractivity contribution in [2.24, 2.45) is 0 Å². The monoisotopic (exact) mass is 235 g/mol. The van der Waals surface area contributed by atoms with Crippen LogP contribution in [0.1, 0.15) is 34.1 Å². The molecule has 4 nitrogen and oxygen atoms in total. The van der Waals surface area contributed by atoms with Gasteiger partial charge in [0.15, 0.2) is 0 Å². The molecule has 0 radical (unpaired) electrons. The van der Waals surface area contributed by atoms with E-state index in [1.807, 2.05) is 6.92 Å². The van der Waals surface area contributed by atoms with Gasteiger partial charge in [0.05, 0.1) is 12.2 Å². The Balaban J connectivity index is 2.74. The Morgan fingerprint density at radius 1 is 1.12 bits per heavy atom. The topological polar surface area (TPSA) is 46.6 Å². The molecule has 0 saturated heterocycles. The molecule has 0 bridgehead atoms. The maximum Gasteiger partial charge on any atom is 0.338 e. The third kappa shape index (κ3) is 3.59. The van der Waals surface area contributed by atoms with E-state index in [0.29, 0.717) is 17.7 Å². The summed E-state index contributed by atoms with van der Waals surface area (Å²) >= 11 is 0. The first-order valence-corrected chi connectivity index (χ1v) is 5.55. The highest BCUT2D eigenvalue weighted by Crippen LogP contribution is 2.07. The van der Waals surface area contributed by atoms with Crippen LogP contribution in [0.25, 0.3) is 0 Å². The second-order valence-electron chi connectivity index (χ2n) is 3.91. The van der Waals surface area contributed by atoms with Crippen molar-refractivity contribution in [2.75, 3.05) is 20.7 Å². The van der Waals surface area contributed by atoms with Gasteiger partial charge < -0.3 is 9.64 Å². The molecule has 0 N–H and O–H groups in total. The molecule has 4 heteroatoms. The number of ether oxygens (including phenoxy) is 1. The molecule has 0 fully saturated rings. The van der Waals surface area contributed by atoms with Gasteiger partial charge in [-0.1, -0.05) is 6.92 Å². The Kier molecular flexibility index (Phi) is 4.69. The van der Waals surface area contributed by atoms with E-state index in [0.717, 1.165) is 6.42 Å². The zero-order valence-electron chi connectivity index (χ0n) is 10.4. The lowest BCUT2D eigenvalue weighted by Gasteiger charge is -2.10. The predicted octanol–water partition coefficient (Wildman–Crippen LogP) is 1.96. The summed E-state index contributed by atoms with van der Waals surface area (Å²) in [6.45, 7) is 2.35. The van der Waals surface area contributed by atoms with Crippen molar-refractivity contribution in [3.8, 4) is 0 Å². The predicted molar refractivity (Wildman–Crippen MR) is 65.0 cm³/mol. The third-order valence-corrected chi connectivity index (χ3v) is 2.21. The molecule has 0 heterocycles. The van der Waals surface area contributed by atoms with E-state index in [-0.39, 0.29) is 11.9 Å². The molecule has 1 amide bonds. The van der Waals surface area contributed by atoms with Gasteiger partial charge in [0.2, 0.25) is 0 Å². The SMILES string of the molecule is CCCOC(=O)c1ccc(C(=O)N(C)C)cc1. The number of amides is 1. The van der Waals surface area contributed by atoms with Crippen LogP contribution >= 0.6 is 0 Å². The molecule has 0 aliphatic heterocycles. The summed E-state index contributed by atoms with van der Waals surface area (Å²) in [6, 6.07) is 6.47. The highest BCUT2D eigenvalue weighted by Gasteiger charge is 2.10. The quantitative estimate of drug-likeness (QED) is 0.749. The summed E-state index contributed by atoms with van der Waals surface area (Å²) in [6.07, 6.45) is 0.795. The average Bonchev–Trinajstić information content (AvgIpc) is 2.35. The second-order valence-corrected chi connectivity index (χ2v) is 3.91. The number of rotatable bonds is 4. The van der Waals surface area contributed by atoms with Crippen LogP contribution in [0.4, 0.5) is 0 Å². The van der Waals surface area contributed by atoms with Crippen molar-refractivity contribution >= 4 is 11.9 Å². The zero-order chi connectivity index (χ0) is 12.8. The van der Waals surface area contributed by atoms with Gasteiger partial charge >= 0.3 is 5.97 Å². The molecule has 0 aromatic heterocycles. The number of carbonyl (C=O) groups excluding carboxylic acids is 2. The van der Waals surface area contributed by atoms with E-state index in [2.05, 4.69) is 0 Å². The van der Waals surface area contributed by atoms with Crippen molar-refractivity contribution in [3.05, 3.63) is 35.4 Å². The first-order chi connectivity index (χ1) is 8.06. The number of esters is 1. The molecule has 0 aliphatic rings. The molecular weight excluding hydrogens is 218 g/mol. The fraction of sp³-hybridized carbons (Fsp3) is 0.385. The van der Waals surface area contributed by atoms with E-state index in [4.69, 9.17) is 4.74 Å². The summed E-state index contributed by atoms with van der Waals surface area (Å²) in [4.78, 5) is 24.6. The molecule has 1 aromatic rings. The summed E-state index contributed by atoms with van der Waals surface area (Å²) in [5.41, 5.74) is 1.02. The van der Waals surface area contributed by atoms with Crippen LogP contribution in [0.3, 0.4) is 0 Å². The fourth-order valence-corrected chi connectivity index (χ4v) is 1.29. The third-order valence-electron chi connectivity index (χ3n) is 2.21. The summed E-state index contributed by atoms with van der Waals surface area (Å²) in [5.74, 6) is -0.436. The van der Waals surface area contributed by atoms with Gasteiger partial charge in [-0.15, -0.1) is 0 Å². The molecule has 0 aliphatic carbocycles. The summed E-state index contributed by atoms with van der Waals surface area (Å²) in [5, 5.41) is 0. The average molecular weight is 235 g/mol. The first-order valence-electron chi connectivity index (χ1n) is 5.55. The lowest BCUT2D eigenvalue weighted by molar-refractivity contribution is 0.0504. The first kappa shape index (κ1) is 13.2. The van der Waals surface area contributed by atoms with Crippen LogP contribution in [0, 0.1) is 0 Å². The van der Waals surface area contributed by atoms with E-state index < -0.39 is 0 Å². The lowest BCUT2D eigenvalue weighted by Crippen LogP contribution is -2.21. The summed E-state index contributed by atoms with van der Waals surface area (Å²) < 4.78 is 4.99. The maximum absolute atomic E-state index is 11.6. The number of nitrogens with zero attached hydrogens (tertiary/aromatic N) is 1. The van der Waals surface area contributed by atoms with Gasteiger partial charge in [0.1, 0.15) is 0 Å². The number of hydrogen-bond acceptors (Lipinski definition) is 3. The van der Waals surface area contributed by atoms with Crippen LogP contribution in [0.2, 0.25) is 0 Å². The molecular formula is C13H17NO3. The van der Waals surface area contributed by atoms with Gasteiger partial charge in [0.25, 0.3) is 5.91 Å². The Hall–Kier alpha value is -1.84. The Bertz CT molecular complexity index is 396. The molecule has 17 heavy (non-hydrogen) atoms. The number of hydrogen-bond donors (Lipinski definition) is 0. The fourth-order valence-electron chi connectivity index (χ4n) is 1.29. The van der Waals surface area contributed by atoms with E-state index in [9.17, 15) is 9.59 Å². The van der Waals surface area contributed by atoms with Crippen LogP contribution in [0.5, 0.6) is 0 Å². The second kappa shape index (κ2) is 6.03. The van der Waals surface area contributed by atoms with Crippen molar-refractivity contribution in [1.82, 2.24) is 4.90 Å². The highest BCUT2D eigenvalue weighted by atomic mass is 16.5. The van der Waals surface area contributed by atoms with E-state index in [1.165, 1.54) is 4.90 Å². The van der Waals surface area contributed by atoms with Gasteiger partial charge in [-0.05, 0) is 30.7 Å². The van der Waals surface area contributed by atoms with Gasteiger partial charge in [-0.25, -0.2) is 4.79 Å². The normalized spacial score (nSPS) is 9.82. The molecule has 0 unspecified atom stereocenters. The van der Waals surface area contributed by atoms with Crippen molar-refractivity contribution < 1.29 is 14.3 Å². The minimum absolute atomic E-state index is 0.0847. The van der Waals surface area contributed by atoms with Crippen molar-refractivity contribution in [2.45, 2.75) is 13.3 Å². The Morgan fingerprint density at radius 2 is 1.65 bits per heavy atom. The largest absolute Gasteiger partial charge is 0.462 e. The molecule has 1 aromatic carbocycles. The minimum atomic E-state index is -0.351. The van der Waals surface area contributed by atoms with Crippen LogP contribution in [-0.2, 0) is 4.74 Å². The smallest absolute Gasteiger partial charge is 0.338 e. The summed E-state index contributed by atoms with van der Waals surface area (Å²) in [7, 11) is 3.37. The van der Waals surface area contributed by atoms with E-state index >= 15 is 0 Å². The molecule has 0 spiro atoms. The van der Waals surface area contributed by atoms with Gasteiger partial charge in [-0.2, -0.15) is 0 Å². The molecule has 1 rings (SSSR count). The van der Waals surface area contributed by atoms with Gasteiger partial charge in [-0.3, -0.25) is 4.79 Å². The van der Waals surface area contributed by atoms with Crippen LogP contribution in [0.15, 0.2) is 24.3 Å². The minimum Gasteiger partial charge on any atom is -0.462 e. The Labute approximate surface area is 101 Å². The van der Waals surface area contributed by atoms with Crippen LogP contribution < -0.4 is 0 Å². The van der Waals surface area contributed by atoms with E-state index in [1.54, 1.807) is 38.4 Å². The molecule has 0 atom stereocenters. The lowest BCUT2D eigenvalue weighted by atomic mass is 10.1. The van der Waals surface area contributed by atoms with Crippen molar-refractivity contribution in [1.29, 1.82) is 0 Å². The van der Waals surface area contributed by atoms with Crippen LogP contribution in [-0.4, -0.2) is 37.5 Å². The Morgan fingerprint density at radius 3 is 2.12 bits per heavy atom. The number of carbonyl (C=O) groups is 2. The highest BCUT2D eigenvalue weighted by molar-refractivity contribution is 5.95. The number of benzene rings is 1. The van der Waals surface area contributed by atoms with Gasteiger partial charge in [0, 0.05) is 19.7 Å². The van der Waals surface area contributed by atoms with Crippen molar-refractivity contribution in [3.63, 3.8) is 0 Å². The molecule has 92 valence electrons. The maximum atomic E-state index is 11.6.